The third-order valence-corrected chi connectivity index (χ3v) is 6.80. The minimum absolute atomic E-state index is 0.168. The molecule has 0 atom stereocenters. The van der Waals surface area contributed by atoms with Crippen LogP contribution in [-0.2, 0) is 10.0 Å². The molecule has 1 aliphatic rings. The molecule has 0 radical (unpaired) electrons. The van der Waals surface area contributed by atoms with E-state index in [1.54, 1.807) is 18.2 Å². The zero-order chi connectivity index (χ0) is 18.0. The maximum atomic E-state index is 12.7. The number of anilines is 1. The first kappa shape index (κ1) is 18.3. The van der Waals surface area contributed by atoms with Crippen LogP contribution in [0.25, 0.3) is 0 Å². The average Bonchev–Trinajstić information content (AvgIpc) is 3.13. The van der Waals surface area contributed by atoms with E-state index in [-0.39, 0.29) is 10.8 Å². The molecule has 0 bridgehead atoms. The van der Waals surface area contributed by atoms with E-state index in [2.05, 4.69) is 27.9 Å². The Bertz CT molecular complexity index is 906. The van der Waals surface area contributed by atoms with Crippen LogP contribution >= 0.6 is 22.6 Å². The Hall–Kier alpha value is -1.45. The van der Waals surface area contributed by atoms with Gasteiger partial charge in [-0.05, 0) is 84.3 Å². The SMILES string of the molecule is Cc1cc(I)ccc1NC(=O)c1cccc(S(=O)(=O)N2CCCC2)c1. The number of nitrogens with zero attached hydrogens (tertiary/aromatic N) is 1. The van der Waals surface area contributed by atoms with Crippen LogP contribution in [0.3, 0.4) is 0 Å². The highest BCUT2D eigenvalue weighted by atomic mass is 127. The molecule has 0 saturated carbocycles. The molecule has 1 fully saturated rings. The van der Waals surface area contributed by atoms with Crippen molar-refractivity contribution in [2.24, 2.45) is 0 Å². The molecule has 2 aromatic carbocycles. The normalized spacial score (nSPS) is 15.3. The first-order chi connectivity index (χ1) is 11.9. The summed E-state index contributed by atoms with van der Waals surface area (Å²) in [6.45, 7) is 3.01. The topological polar surface area (TPSA) is 66.5 Å². The highest BCUT2D eigenvalue weighted by Crippen LogP contribution is 2.23. The van der Waals surface area contributed by atoms with Crippen molar-refractivity contribution in [3.63, 3.8) is 0 Å². The van der Waals surface area contributed by atoms with Gasteiger partial charge < -0.3 is 5.32 Å². The van der Waals surface area contributed by atoms with E-state index in [1.165, 1.54) is 10.4 Å². The van der Waals surface area contributed by atoms with Crippen molar-refractivity contribution in [2.45, 2.75) is 24.7 Å². The Morgan fingerprint density at radius 1 is 1.12 bits per heavy atom. The maximum Gasteiger partial charge on any atom is 0.255 e. The van der Waals surface area contributed by atoms with Gasteiger partial charge in [-0.15, -0.1) is 0 Å². The fraction of sp³-hybridized carbons (Fsp3) is 0.278. The summed E-state index contributed by atoms with van der Waals surface area (Å²) in [7, 11) is -3.53. The Kier molecular flexibility index (Phi) is 5.45. The van der Waals surface area contributed by atoms with Crippen LogP contribution in [-0.4, -0.2) is 31.7 Å². The largest absolute Gasteiger partial charge is 0.322 e. The summed E-state index contributed by atoms with van der Waals surface area (Å²) in [5.41, 5.74) is 2.01. The van der Waals surface area contributed by atoms with Crippen LogP contribution in [0.4, 0.5) is 5.69 Å². The smallest absolute Gasteiger partial charge is 0.255 e. The van der Waals surface area contributed by atoms with E-state index >= 15 is 0 Å². The molecule has 0 aliphatic carbocycles. The van der Waals surface area contributed by atoms with Crippen molar-refractivity contribution in [1.82, 2.24) is 4.31 Å². The van der Waals surface area contributed by atoms with Gasteiger partial charge in [0.05, 0.1) is 4.90 Å². The van der Waals surface area contributed by atoms with Crippen molar-refractivity contribution in [2.75, 3.05) is 18.4 Å². The fourth-order valence-electron chi connectivity index (χ4n) is 2.84. The van der Waals surface area contributed by atoms with Gasteiger partial charge in [-0.1, -0.05) is 6.07 Å². The predicted molar refractivity (Wildman–Crippen MR) is 106 cm³/mol. The Labute approximate surface area is 161 Å². The minimum Gasteiger partial charge on any atom is -0.322 e. The van der Waals surface area contributed by atoms with Gasteiger partial charge in [0.1, 0.15) is 0 Å². The van der Waals surface area contributed by atoms with Gasteiger partial charge in [0, 0.05) is 27.9 Å². The first-order valence-corrected chi connectivity index (χ1v) is 10.6. The zero-order valence-corrected chi connectivity index (χ0v) is 16.8. The molecule has 1 amide bonds. The van der Waals surface area contributed by atoms with Crippen LogP contribution in [0.2, 0.25) is 0 Å². The van der Waals surface area contributed by atoms with Crippen molar-refractivity contribution < 1.29 is 13.2 Å². The van der Waals surface area contributed by atoms with Crippen molar-refractivity contribution in [1.29, 1.82) is 0 Å². The van der Waals surface area contributed by atoms with E-state index in [4.69, 9.17) is 0 Å². The summed E-state index contributed by atoms with van der Waals surface area (Å²) in [5, 5.41) is 2.85. The number of amides is 1. The summed E-state index contributed by atoms with van der Waals surface area (Å²) < 4.78 is 27.9. The zero-order valence-electron chi connectivity index (χ0n) is 13.8. The lowest BCUT2D eigenvalue weighted by atomic mass is 10.1. The number of sulfonamides is 1. The van der Waals surface area contributed by atoms with Gasteiger partial charge in [0.25, 0.3) is 5.91 Å². The van der Waals surface area contributed by atoms with Crippen LogP contribution in [0.5, 0.6) is 0 Å². The molecule has 1 saturated heterocycles. The Balaban J connectivity index is 1.84. The molecule has 1 aliphatic heterocycles. The van der Waals surface area contributed by atoms with E-state index in [9.17, 15) is 13.2 Å². The number of carbonyl (C=O) groups excluding carboxylic acids is 1. The van der Waals surface area contributed by atoms with Crippen LogP contribution in [0.15, 0.2) is 47.4 Å². The van der Waals surface area contributed by atoms with Crippen molar-refractivity contribution >= 4 is 44.2 Å². The first-order valence-electron chi connectivity index (χ1n) is 8.05. The van der Waals surface area contributed by atoms with Gasteiger partial charge in [-0.25, -0.2) is 8.42 Å². The number of rotatable bonds is 4. The number of hydrogen-bond acceptors (Lipinski definition) is 3. The molecule has 7 heteroatoms. The molecule has 5 nitrogen and oxygen atoms in total. The molecule has 0 spiro atoms. The molecule has 132 valence electrons. The van der Waals surface area contributed by atoms with Crippen molar-refractivity contribution in [3.8, 4) is 0 Å². The third-order valence-electron chi connectivity index (χ3n) is 4.24. The number of carbonyl (C=O) groups is 1. The van der Waals surface area contributed by atoms with E-state index in [1.807, 2.05) is 25.1 Å². The quantitative estimate of drug-likeness (QED) is 0.695. The number of aryl methyl sites for hydroxylation is 1. The molecule has 0 aromatic heterocycles. The second kappa shape index (κ2) is 7.43. The lowest BCUT2D eigenvalue weighted by molar-refractivity contribution is 0.102. The van der Waals surface area contributed by atoms with Gasteiger partial charge in [0.15, 0.2) is 0 Å². The number of nitrogens with one attached hydrogen (secondary N) is 1. The molecule has 2 aromatic rings. The van der Waals surface area contributed by atoms with Gasteiger partial charge in [0.2, 0.25) is 10.0 Å². The summed E-state index contributed by atoms with van der Waals surface area (Å²) in [5.74, 6) is -0.317. The summed E-state index contributed by atoms with van der Waals surface area (Å²) in [6, 6.07) is 12.0. The lowest BCUT2D eigenvalue weighted by Gasteiger charge is -2.16. The molecule has 0 unspecified atom stereocenters. The molecular weight excluding hydrogens is 451 g/mol. The van der Waals surface area contributed by atoms with Crippen molar-refractivity contribution in [3.05, 3.63) is 57.2 Å². The van der Waals surface area contributed by atoms with Gasteiger partial charge >= 0.3 is 0 Å². The second-order valence-corrected chi connectivity index (χ2v) is 9.24. The summed E-state index contributed by atoms with van der Waals surface area (Å²) >= 11 is 2.21. The highest BCUT2D eigenvalue weighted by Gasteiger charge is 2.27. The van der Waals surface area contributed by atoms with Gasteiger partial charge in [-0.3, -0.25) is 4.79 Å². The average molecular weight is 470 g/mol. The molecule has 25 heavy (non-hydrogen) atoms. The number of halogens is 1. The van der Waals surface area contributed by atoms with Gasteiger partial charge in [-0.2, -0.15) is 4.31 Å². The highest BCUT2D eigenvalue weighted by molar-refractivity contribution is 14.1. The lowest BCUT2D eigenvalue weighted by Crippen LogP contribution is -2.28. The fourth-order valence-corrected chi connectivity index (χ4v) is 5.05. The van der Waals surface area contributed by atoms with E-state index in [0.29, 0.717) is 18.7 Å². The molecule has 3 rings (SSSR count). The Morgan fingerprint density at radius 3 is 2.52 bits per heavy atom. The molecular formula is C18H19IN2O3S. The molecule has 1 N–H and O–H groups in total. The monoisotopic (exact) mass is 470 g/mol. The number of hydrogen-bond donors (Lipinski definition) is 1. The maximum absolute atomic E-state index is 12.7. The molecule has 1 heterocycles. The Morgan fingerprint density at radius 2 is 1.84 bits per heavy atom. The van der Waals surface area contributed by atoms with Crippen LogP contribution < -0.4 is 5.32 Å². The van der Waals surface area contributed by atoms with E-state index < -0.39 is 10.0 Å². The van der Waals surface area contributed by atoms with Crippen LogP contribution in [0, 0.1) is 10.5 Å². The van der Waals surface area contributed by atoms with Crippen LogP contribution in [0.1, 0.15) is 28.8 Å². The summed E-state index contributed by atoms with van der Waals surface area (Å²) in [4.78, 5) is 12.7. The standard InChI is InChI=1S/C18H19IN2O3S/c1-13-11-15(19)7-8-17(13)20-18(22)14-5-4-6-16(12-14)25(23,24)21-9-2-3-10-21/h4-8,11-12H,2-3,9-10H2,1H3,(H,20,22). The minimum atomic E-state index is -3.53. The second-order valence-electron chi connectivity index (χ2n) is 6.05. The third kappa shape index (κ3) is 4.04. The van der Waals surface area contributed by atoms with E-state index in [0.717, 1.165) is 27.7 Å². The summed E-state index contributed by atoms with van der Waals surface area (Å²) in [6.07, 6.45) is 1.76. The number of benzene rings is 2. The predicted octanol–water partition coefficient (Wildman–Crippen LogP) is 3.64.